The minimum atomic E-state index is -1.09. The minimum Gasteiger partial charge on any atom is -0.492 e. The largest absolute Gasteiger partial charge is 0.492 e. The molecule has 0 fully saturated rings. The number of carbonyl (C=O) groups is 2. The first-order chi connectivity index (χ1) is 12.0. The maximum absolute atomic E-state index is 12.0. The predicted octanol–water partition coefficient (Wildman–Crippen LogP) is 4.12. The van der Waals surface area contributed by atoms with E-state index in [1.807, 2.05) is 25.1 Å². The van der Waals surface area contributed by atoms with Gasteiger partial charge in [-0.05, 0) is 48.4 Å². The highest BCUT2D eigenvalue weighted by molar-refractivity contribution is 9.09. The van der Waals surface area contributed by atoms with Gasteiger partial charge in [0.15, 0.2) is 0 Å². The molecule has 0 radical (unpaired) electrons. The molecule has 2 aromatic carbocycles. The van der Waals surface area contributed by atoms with E-state index in [4.69, 9.17) is 9.84 Å². The van der Waals surface area contributed by atoms with Gasteiger partial charge in [-0.15, -0.1) is 0 Å². The van der Waals surface area contributed by atoms with Gasteiger partial charge in [0, 0.05) is 11.4 Å². The molecule has 0 unspecified atom stereocenters. The summed E-state index contributed by atoms with van der Waals surface area (Å²) in [7, 11) is 0. The Morgan fingerprint density at radius 3 is 2.68 bits per heavy atom. The highest BCUT2D eigenvalue weighted by atomic mass is 79.9. The fraction of sp³-hybridized carbons (Fsp3) is 0.158. The highest BCUT2D eigenvalue weighted by Crippen LogP contribution is 2.20. The standard InChI is InChI=1S/C19H18BrNO4/c1-13-12-14(6-8-17(13)25-11-10-20)7-9-18(22)21-16-5-3-2-4-15(16)19(23)24/h2-9,12H,10-11H2,1H3,(H,21,22)(H,23,24)/b9-7+. The highest BCUT2D eigenvalue weighted by Gasteiger charge is 2.10. The van der Waals surface area contributed by atoms with Gasteiger partial charge in [-0.1, -0.05) is 34.1 Å². The molecule has 2 aromatic rings. The summed E-state index contributed by atoms with van der Waals surface area (Å²) in [5, 5.41) is 12.5. The van der Waals surface area contributed by atoms with Crippen molar-refractivity contribution < 1.29 is 19.4 Å². The van der Waals surface area contributed by atoms with Gasteiger partial charge in [0.25, 0.3) is 0 Å². The average Bonchev–Trinajstić information content (AvgIpc) is 2.59. The Kier molecular flexibility index (Phi) is 6.77. The van der Waals surface area contributed by atoms with Crippen LogP contribution < -0.4 is 10.1 Å². The third-order valence-electron chi connectivity index (χ3n) is 3.38. The number of benzene rings is 2. The second-order valence-electron chi connectivity index (χ2n) is 5.24. The van der Waals surface area contributed by atoms with E-state index >= 15 is 0 Å². The molecular formula is C19H18BrNO4. The molecule has 0 saturated carbocycles. The van der Waals surface area contributed by atoms with Crippen LogP contribution in [0.15, 0.2) is 48.5 Å². The Balaban J connectivity index is 2.06. The van der Waals surface area contributed by atoms with Gasteiger partial charge in [0.2, 0.25) is 5.91 Å². The summed E-state index contributed by atoms with van der Waals surface area (Å²) in [6.45, 7) is 2.52. The molecule has 5 nitrogen and oxygen atoms in total. The minimum absolute atomic E-state index is 0.0494. The summed E-state index contributed by atoms with van der Waals surface area (Å²) in [5.41, 5.74) is 2.14. The van der Waals surface area contributed by atoms with Crippen molar-refractivity contribution in [2.24, 2.45) is 0 Å². The van der Waals surface area contributed by atoms with Crippen LogP contribution in [0.1, 0.15) is 21.5 Å². The molecular weight excluding hydrogens is 386 g/mol. The SMILES string of the molecule is Cc1cc(/C=C/C(=O)Nc2ccccc2C(=O)O)ccc1OCCBr. The van der Waals surface area contributed by atoms with E-state index in [2.05, 4.69) is 21.2 Å². The van der Waals surface area contributed by atoms with Crippen LogP contribution >= 0.6 is 15.9 Å². The van der Waals surface area contributed by atoms with Crippen LogP contribution in [0, 0.1) is 6.92 Å². The number of anilines is 1. The summed E-state index contributed by atoms with van der Waals surface area (Å²) in [6, 6.07) is 11.9. The lowest BCUT2D eigenvalue weighted by Gasteiger charge is -2.08. The zero-order chi connectivity index (χ0) is 18.2. The predicted molar refractivity (Wildman–Crippen MR) is 102 cm³/mol. The fourth-order valence-corrected chi connectivity index (χ4v) is 2.37. The zero-order valence-corrected chi connectivity index (χ0v) is 15.2. The number of halogens is 1. The molecule has 0 saturated heterocycles. The van der Waals surface area contributed by atoms with Crippen LogP contribution in [-0.2, 0) is 4.79 Å². The van der Waals surface area contributed by atoms with Gasteiger partial charge in [0.1, 0.15) is 5.75 Å². The molecule has 0 aliphatic carbocycles. The zero-order valence-electron chi connectivity index (χ0n) is 13.7. The topological polar surface area (TPSA) is 75.6 Å². The number of carboxylic acid groups (broad SMARTS) is 1. The number of hydrogen-bond acceptors (Lipinski definition) is 3. The van der Waals surface area contributed by atoms with E-state index in [1.165, 1.54) is 12.1 Å². The Labute approximate surface area is 154 Å². The van der Waals surface area contributed by atoms with Crippen LogP contribution in [0.3, 0.4) is 0 Å². The van der Waals surface area contributed by atoms with E-state index in [9.17, 15) is 9.59 Å². The molecule has 2 N–H and O–H groups in total. The third-order valence-corrected chi connectivity index (χ3v) is 3.70. The van der Waals surface area contributed by atoms with Gasteiger partial charge >= 0.3 is 5.97 Å². The maximum Gasteiger partial charge on any atom is 0.337 e. The lowest BCUT2D eigenvalue weighted by Crippen LogP contribution is -2.11. The summed E-state index contributed by atoms with van der Waals surface area (Å²) in [6.07, 6.45) is 3.03. The Bertz CT molecular complexity index is 802. The number of nitrogens with one attached hydrogen (secondary N) is 1. The van der Waals surface area contributed by atoms with Crippen LogP contribution in [0.4, 0.5) is 5.69 Å². The summed E-state index contributed by atoms with van der Waals surface area (Å²) < 4.78 is 5.58. The third kappa shape index (κ3) is 5.46. The number of hydrogen-bond donors (Lipinski definition) is 2. The van der Waals surface area contributed by atoms with Gasteiger partial charge < -0.3 is 15.2 Å². The second kappa shape index (κ2) is 9.03. The summed E-state index contributed by atoms with van der Waals surface area (Å²) >= 11 is 3.31. The number of carbonyl (C=O) groups excluding carboxylic acids is 1. The molecule has 0 aliphatic heterocycles. The Morgan fingerprint density at radius 2 is 2.00 bits per heavy atom. The van der Waals surface area contributed by atoms with Gasteiger partial charge in [-0.25, -0.2) is 4.79 Å². The van der Waals surface area contributed by atoms with E-state index in [0.717, 1.165) is 22.2 Å². The van der Waals surface area contributed by atoms with E-state index in [-0.39, 0.29) is 11.3 Å². The van der Waals surface area contributed by atoms with Crippen LogP contribution in [0.25, 0.3) is 6.08 Å². The number of para-hydroxylation sites is 1. The number of aromatic carboxylic acids is 1. The molecule has 0 atom stereocenters. The van der Waals surface area contributed by atoms with Crippen molar-refractivity contribution in [3.63, 3.8) is 0 Å². The summed E-state index contributed by atoms with van der Waals surface area (Å²) in [4.78, 5) is 23.2. The van der Waals surface area contributed by atoms with Gasteiger partial charge in [0.05, 0.1) is 17.9 Å². The lowest BCUT2D eigenvalue weighted by molar-refractivity contribution is -0.111. The van der Waals surface area contributed by atoms with Crippen molar-refractivity contribution in [1.29, 1.82) is 0 Å². The first-order valence-electron chi connectivity index (χ1n) is 7.62. The molecule has 0 heterocycles. The van der Waals surface area contributed by atoms with E-state index < -0.39 is 11.9 Å². The number of alkyl halides is 1. The van der Waals surface area contributed by atoms with Crippen molar-refractivity contribution in [2.45, 2.75) is 6.92 Å². The second-order valence-corrected chi connectivity index (χ2v) is 6.03. The first kappa shape index (κ1) is 18.7. The molecule has 2 rings (SSSR count). The molecule has 25 heavy (non-hydrogen) atoms. The first-order valence-corrected chi connectivity index (χ1v) is 8.74. The molecule has 0 aromatic heterocycles. The van der Waals surface area contributed by atoms with Crippen molar-refractivity contribution in [3.05, 3.63) is 65.2 Å². The van der Waals surface area contributed by atoms with Crippen LogP contribution in [-0.4, -0.2) is 28.9 Å². The van der Waals surface area contributed by atoms with Crippen molar-refractivity contribution in [1.82, 2.24) is 0 Å². The fourth-order valence-electron chi connectivity index (χ4n) is 2.21. The number of amides is 1. The molecule has 130 valence electrons. The van der Waals surface area contributed by atoms with Crippen molar-refractivity contribution in [2.75, 3.05) is 17.3 Å². The van der Waals surface area contributed by atoms with Gasteiger partial charge in [-0.2, -0.15) is 0 Å². The number of rotatable bonds is 7. The smallest absolute Gasteiger partial charge is 0.337 e. The maximum atomic E-state index is 12.0. The number of aryl methyl sites for hydroxylation is 1. The van der Waals surface area contributed by atoms with Crippen LogP contribution in [0.2, 0.25) is 0 Å². The van der Waals surface area contributed by atoms with Crippen LogP contribution in [0.5, 0.6) is 5.75 Å². The van der Waals surface area contributed by atoms with Crippen molar-refractivity contribution in [3.8, 4) is 5.75 Å². The quantitative estimate of drug-likeness (QED) is 0.538. The Morgan fingerprint density at radius 1 is 1.24 bits per heavy atom. The number of ether oxygens (including phenoxy) is 1. The molecule has 0 aliphatic rings. The summed E-state index contributed by atoms with van der Waals surface area (Å²) in [5.74, 6) is -0.683. The van der Waals surface area contributed by atoms with E-state index in [1.54, 1.807) is 24.3 Å². The lowest BCUT2D eigenvalue weighted by atomic mass is 10.1. The molecule has 0 bridgehead atoms. The normalized spacial score (nSPS) is 10.6. The Hall–Kier alpha value is -2.60. The molecule has 0 spiro atoms. The van der Waals surface area contributed by atoms with Crippen molar-refractivity contribution >= 4 is 39.6 Å². The molecule has 1 amide bonds. The van der Waals surface area contributed by atoms with E-state index in [0.29, 0.717) is 6.61 Å². The monoisotopic (exact) mass is 403 g/mol. The average molecular weight is 404 g/mol. The van der Waals surface area contributed by atoms with Gasteiger partial charge in [-0.3, -0.25) is 4.79 Å². The molecule has 6 heteroatoms. The number of carboxylic acids is 1.